The number of hydrogen-bond acceptors (Lipinski definition) is 6. The lowest BCUT2D eigenvalue weighted by molar-refractivity contribution is 0.174. The monoisotopic (exact) mass is 348 g/mol. The SMILES string of the molecule is Nc1noc(-c2ccc(Br)o2)c1-c1ccc2c(c1)OCO2. The number of ether oxygens (including phenoxy) is 2. The van der Waals surface area contributed by atoms with Crippen LogP contribution in [0.2, 0.25) is 0 Å². The molecule has 3 aromatic rings. The highest BCUT2D eigenvalue weighted by atomic mass is 79.9. The standard InChI is InChI=1S/C14H9BrN2O4/c15-11-4-3-9(20-11)13-12(14(16)17-21-13)7-1-2-8-10(5-7)19-6-18-8/h1-5H,6H2,(H2,16,17). The van der Waals surface area contributed by atoms with E-state index >= 15 is 0 Å². The molecule has 6 nitrogen and oxygen atoms in total. The first-order chi connectivity index (χ1) is 10.2. The van der Waals surface area contributed by atoms with Gasteiger partial charge in [-0.25, -0.2) is 0 Å². The van der Waals surface area contributed by atoms with E-state index in [1.54, 1.807) is 12.1 Å². The second-order valence-corrected chi connectivity index (χ2v) is 5.23. The van der Waals surface area contributed by atoms with Crippen molar-refractivity contribution in [1.82, 2.24) is 5.16 Å². The molecule has 106 valence electrons. The number of benzene rings is 1. The lowest BCUT2D eigenvalue weighted by Gasteiger charge is -2.02. The maximum atomic E-state index is 5.93. The Kier molecular flexibility index (Phi) is 2.68. The Bertz CT molecular complexity index is 824. The number of halogens is 1. The van der Waals surface area contributed by atoms with Crippen molar-refractivity contribution in [1.29, 1.82) is 0 Å². The summed E-state index contributed by atoms with van der Waals surface area (Å²) in [6, 6.07) is 9.09. The van der Waals surface area contributed by atoms with Crippen LogP contribution in [-0.2, 0) is 0 Å². The third-order valence-corrected chi connectivity index (χ3v) is 3.60. The molecule has 2 aromatic heterocycles. The lowest BCUT2D eigenvalue weighted by atomic mass is 10.0. The van der Waals surface area contributed by atoms with Gasteiger partial charge in [-0.05, 0) is 45.8 Å². The summed E-state index contributed by atoms with van der Waals surface area (Å²) >= 11 is 3.26. The summed E-state index contributed by atoms with van der Waals surface area (Å²) in [4.78, 5) is 0. The predicted octanol–water partition coefficient (Wildman–Crippen LogP) is 3.68. The Morgan fingerprint density at radius 1 is 1.10 bits per heavy atom. The van der Waals surface area contributed by atoms with Crippen molar-refractivity contribution in [2.24, 2.45) is 0 Å². The molecule has 1 aliphatic heterocycles. The van der Waals surface area contributed by atoms with Gasteiger partial charge in [0.05, 0.1) is 5.56 Å². The molecule has 21 heavy (non-hydrogen) atoms. The van der Waals surface area contributed by atoms with E-state index in [2.05, 4.69) is 21.1 Å². The van der Waals surface area contributed by atoms with Crippen molar-refractivity contribution in [3.63, 3.8) is 0 Å². The molecule has 0 bridgehead atoms. The number of anilines is 1. The zero-order chi connectivity index (χ0) is 14.4. The average molecular weight is 349 g/mol. The number of nitrogen functional groups attached to an aromatic ring is 1. The van der Waals surface area contributed by atoms with Crippen LogP contribution in [0.1, 0.15) is 0 Å². The Morgan fingerprint density at radius 3 is 2.76 bits per heavy atom. The normalized spacial score (nSPS) is 12.8. The van der Waals surface area contributed by atoms with Crippen LogP contribution in [0.5, 0.6) is 11.5 Å². The first-order valence-electron chi connectivity index (χ1n) is 6.13. The topological polar surface area (TPSA) is 83.7 Å². The van der Waals surface area contributed by atoms with Crippen LogP contribution in [0, 0.1) is 0 Å². The third-order valence-electron chi connectivity index (χ3n) is 3.18. The number of nitrogens with two attached hydrogens (primary N) is 1. The maximum absolute atomic E-state index is 5.93. The van der Waals surface area contributed by atoms with Crippen LogP contribution >= 0.6 is 15.9 Å². The summed E-state index contributed by atoms with van der Waals surface area (Å²) in [5.74, 6) is 2.67. The van der Waals surface area contributed by atoms with Gasteiger partial charge in [-0.15, -0.1) is 0 Å². The zero-order valence-corrected chi connectivity index (χ0v) is 12.2. The van der Waals surface area contributed by atoms with E-state index in [0.717, 1.165) is 5.56 Å². The molecule has 0 radical (unpaired) electrons. The lowest BCUT2D eigenvalue weighted by Crippen LogP contribution is -1.92. The molecule has 2 N–H and O–H groups in total. The highest BCUT2D eigenvalue weighted by Crippen LogP contribution is 2.42. The molecule has 0 unspecified atom stereocenters. The van der Waals surface area contributed by atoms with Crippen molar-refractivity contribution in [2.45, 2.75) is 0 Å². The van der Waals surface area contributed by atoms with Crippen LogP contribution in [0.3, 0.4) is 0 Å². The summed E-state index contributed by atoms with van der Waals surface area (Å²) in [6.07, 6.45) is 0. The van der Waals surface area contributed by atoms with Crippen LogP contribution in [0.15, 0.2) is 43.9 Å². The third kappa shape index (κ3) is 1.97. The van der Waals surface area contributed by atoms with Gasteiger partial charge in [0.1, 0.15) is 0 Å². The molecule has 4 rings (SSSR count). The van der Waals surface area contributed by atoms with Crippen molar-refractivity contribution < 1.29 is 18.4 Å². The second-order valence-electron chi connectivity index (χ2n) is 4.44. The number of fused-ring (bicyclic) bond motifs is 1. The van der Waals surface area contributed by atoms with E-state index < -0.39 is 0 Å². The molecule has 0 saturated carbocycles. The Morgan fingerprint density at radius 2 is 1.95 bits per heavy atom. The molecule has 0 amide bonds. The fourth-order valence-corrected chi connectivity index (χ4v) is 2.54. The molecule has 0 aliphatic carbocycles. The van der Waals surface area contributed by atoms with E-state index in [1.165, 1.54) is 0 Å². The Labute approximate surface area is 127 Å². The summed E-state index contributed by atoms with van der Waals surface area (Å²) in [6.45, 7) is 0.218. The fraction of sp³-hybridized carbons (Fsp3) is 0.0714. The smallest absolute Gasteiger partial charge is 0.231 e. The van der Waals surface area contributed by atoms with Gasteiger partial charge in [-0.3, -0.25) is 0 Å². The summed E-state index contributed by atoms with van der Waals surface area (Å²) in [7, 11) is 0. The minimum absolute atomic E-state index is 0.218. The maximum Gasteiger partial charge on any atom is 0.231 e. The van der Waals surface area contributed by atoms with E-state index in [1.807, 2.05) is 18.2 Å². The molecule has 0 saturated heterocycles. The predicted molar refractivity (Wildman–Crippen MR) is 77.9 cm³/mol. The van der Waals surface area contributed by atoms with Gasteiger partial charge in [0.25, 0.3) is 0 Å². The van der Waals surface area contributed by atoms with Crippen molar-refractivity contribution >= 4 is 21.7 Å². The van der Waals surface area contributed by atoms with Gasteiger partial charge in [0.2, 0.25) is 12.6 Å². The van der Waals surface area contributed by atoms with Crippen molar-refractivity contribution in [3.05, 3.63) is 35.0 Å². The fourth-order valence-electron chi connectivity index (χ4n) is 2.24. The van der Waals surface area contributed by atoms with Gasteiger partial charge in [-0.2, -0.15) is 0 Å². The molecule has 3 heterocycles. The van der Waals surface area contributed by atoms with Crippen LogP contribution in [-0.4, -0.2) is 11.9 Å². The van der Waals surface area contributed by atoms with Crippen molar-refractivity contribution in [2.75, 3.05) is 12.5 Å². The van der Waals surface area contributed by atoms with Crippen molar-refractivity contribution in [3.8, 4) is 34.1 Å². The van der Waals surface area contributed by atoms with Gasteiger partial charge in [0, 0.05) is 0 Å². The van der Waals surface area contributed by atoms with Gasteiger partial charge < -0.3 is 24.1 Å². The second kappa shape index (κ2) is 4.56. The molecule has 1 aromatic carbocycles. The largest absolute Gasteiger partial charge is 0.454 e. The van der Waals surface area contributed by atoms with E-state index in [9.17, 15) is 0 Å². The molecular weight excluding hydrogens is 340 g/mol. The van der Waals surface area contributed by atoms with E-state index in [4.69, 9.17) is 24.1 Å². The Balaban J connectivity index is 1.87. The van der Waals surface area contributed by atoms with Gasteiger partial charge >= 0.3 is 0 Å². The highest BCUT2D eigenvalue weighted by molar-refractivity contribution is 9.10. The molecular formula is C14H9BrN2O4. The average Bonchev–Trinajstić information content (AvgIpc) is 3.17. The summed E-state index contributed by atoms with van der Waals surface area (Å²) in [5, 5.41) is 3.83. The molecule has 7 heteroatoms. The van der Waals surface area contributed by atoms with Crippen LogP contribution in [0.25, 0.3) is 22.6 Å². The Hall–Kier alpha value is -2.41. The molecule has 0 spiro atoms. The summed E-state index contributed by atoms with van der Waals surface area (Å²) in [5.41, 5.74) is 7.41. The van der Waals surface area contributed by atoms with Crippen LogP contribution in [0.4, 0.5) is 5.82 Å². The van der Waals surface area contributed by atoms with E-state index in [0.29, 0.717) is 33.3 Å². The quantitative estimate of drug-likeness (QED) is 0.760. The summed E-state index contributed by atoms with van der Waals surface area (Å²) < 4.78 is 22.1. The number of furan rings is 1. The zero-order valence-electron chi connectivity index (χ0n) is 10.6. The number of aromatic nitrogens is 1. The number of hydrogen-bond donors (Lipinski definition) is 1. The number of rotatable bonds is 2. The minimum Gasteiger partial charge on any atom is -0.454 e. The molecule has 1 aliphatic rings. The first kappa shape index (κ1) is 12.3. The minimum atomic E-state index is 0.218. The van der Waals surface area contributed by atoms with Gasteiger partial charge in [-0.1, -0.05) is 11.2 Å². The number of nitrogens with zero attached hydrogens (tertiary/aromatic N) is 1. The van der Waals surface area contributed by atoms with E-state index in [-0.39, 0.29) is 12.6 Å². The highest BCUT2D eigenvalue weighted by Gasteiger charge is 2.22. The van der Waals surface area contributed by atoms with Gasteiger partial charge in [0.15, 0.2) is 27.7 Å². The van der Waals surface area contributed by atoms with Crippen LogP contribution < -0.4 is 15.2 Å². The molecule has 0 fully saturated rings. The first-order valence-corrected chi connectivity index (χ1v) is 6.92. The molecule has 0 atom stereocenters.